The van der Waals surface area contributed by atoms with Crippen molar-refractivity contribution in [3.05, 3.63) is 144 Å². The van der Waals surface area contributed by atoms with Crippen LogP contribution >= 0.6 is 22.9 Å². The number of aryl methyl sites for hydroxylation is 1. The van der Waals surface area contributed by atoms with Crippen LogP contribution in [-0.2, 0) is 4.79 Å². The third kappa shape index (κ3) is 5.19. The number of fused-ring (bicyclic) bond motifs is 1. The number of benzene rings is 3. The van der Waals surface area contributed by atoms with Gasteiger partial charge in [0.2, 0.25) is 0 Å². The van der Waals surface area contributed by atoms with E-state index in [-0.39, 0.29) is 5.56 Å². The van der Waals surface area contributed by atoms with Crippen LogP contribution in [0.1, 0.15) is 29.9 Å². The summed E-state index contributed by atoms with van der Waals surface area (Å²) >= 11 is 7.39. The number of hydrogen-bond donors (Lipinski definition) is 1. The lowest BCUT2D eigenvalue weighted by atomic mass is 9.95. The third-order valence-electron chi connectivity index (χ3n) is 6.85. The number of hydrogen-bond acceptors (Lipinski definition) is 5. The van der Waals surface area contributed by atoms with Gasteiger partial charge in [0, 0.05) is 22.3 Å². The fraction of sp³-hybridized carbons (Fsp3) is 0.0938. The van der Waals surface area contributed by atoms with Crippen LogP contribution < -0.4 is 20.2 Å². The van der Waals surface area contributed by atoms with Crippen molar-refractivity contribution in [1.29, 1.82) is 0 Å². The Morgan fingerprint density at radius 1 is 1.05 bits per heavy atom. The van der Waals surface area contributed by atoms with Gasteiger partial charge in [-0.05, 0) is 73.5 Å². The largest absolute Gasteiger partial charge is 0.457 e. The van der Waals surface area contributed by atoms with E-state index >= 15 is 0 Å². The lowest BCUT2D eigenvalue weighted by Gasteiger charge is -2.25. The minimum Gasteiger partial charge on any atom is -0.457 e. The molecule has 2 aromatic heterocycles. The van der Waals surface area contributed by atoms with E-state index in [1.165, 1.54) is 28.0 Å². The number of carbonyl (C=O) groups excluding carboxylic acids is 1. The zero-order valence-corrected chi connectivity index (χ0v) is 23.6. The molecule has 0 bridgehead atoms. The zero-order valence-electron chi connectivity index (χ0n) is 22.0. The quantitative estimate of drug-likeness (QED) is 0.266. The average molecular weight is 584 g/mol. The van der Waals surface area contributed by atoms with Crippen LogP contribution in [0.3, 0.4) is 0 Å². The maximum Gasteiger partial charge on any atom is 0.271 e. The lowest BCUT2D eigenvalue weighted by Crippen LogP contribution is -2.40. The number of para-hydroxylation sites is 1. The predicted octanol–water partition coefficient (Wildman–Crippen LogP) is 6.23. The van der Waals surface area contributed by atoms with Gasteiger partial charge in [-0.25, -0.2) is 9.38 Å². The Morgan fingerprint density at radius 2 is 1.80 bits per heavy atom. The molecule has 0 saturated heterocycles. The van der Waals surface area contributed by atoms with Gasteiger partial charge in [0.1, 0.15) is 17.3 Å². The number of anilines is 1. The zero-order chi connectivity index (χ0) is 28.7. The van der Waals surface area contributed by atoms with Crippen molar-refractivity contribution < 1.29 is 13.6 Å². The number of amides is 1. The van der Waals surface area contributed by atoms with Gasteiger partial charge < -0.3 is 9.73 Å². The Morgan fingerprint density at radius 3 is 2.56 bits per heavy atom. The smallest absolute Gasteiger partial charge is 0.271 e. The van der Waals surface area contributed by atoms with Gasteiger partial charge in [-0.2, -0.15) is 0 Å². The van der Waals surface area contributed by atoms with Crippen molar-refractivity contribution in [1.82, 2.24) is 4.57 Å². The van der Waals surface area contributed by atoms with E-state index in [0.717, 1.165) is 11.1 Å². The molecule has 1 aliphatic heterocycles. The fourth-order valence-electron chi connectivity index (χ4n) is 4.86. The van der Waals surface area contributed by atoms with Gasteiger partial charge in [-0.1, -0.05) is 59.3 Å². The molecule has 1 aliphatic rings. The minimum absolute atomic E-state index is 0.302. The highest BCUT2D eigenvalue weighted by Gasteiger charge is 2.32. The lowest BCUT2D eigenvalue weighted by molar-refractivity contribution is -0.113. The molecule has 5 aromatic rings. The number of carbonyl (C=O) groups is 1. The molecule has 0 radical (unpaired) electrons. The van der Waals surface area contributed by atoms with E-state index in [1.54, 1.807) is 43.3 Å². The predicted molar refractivity (Wildman–Crippen MR) is 159 cm³/mol. The van der Waals surface area contributed by atoms with E-state index in [9.17, 15) is 14.0 Å². The summed E-state index contributed by atoms with van der Waals surface area (Å²) in [5.74, 6) is 0.305. The van der Waals surface area contributed by atoms with Crippen molar-refractivity contribution in [2.45, 2.75) is 19.9 Å². The molecule has 0 fully saturated rings. The summed E-state index contributed by atoms with van der Waals surface area (Å²) in [6.45, 7) is 3.70. The molecule has 6 nitrogen and oxygen atoms in total. The minimum atomic E-state index is -0.806. The second-order valence-electron chi connectivity index (χ2n) is 9.61. The molecule has 1 atom stereocenters. The molecule has 1 amide bonds. The fourth-order valence-corrected chi connectivity index (χ4v) is 6.06. The molecule has 41 heavy (non-hydrogen) atoms. The van der Waals surface area contributed by atoms with E-state index in [4.69, 9.17) is 16.0 Å². The van der Waals surface area contributed by atoms with E-state index in [2.05, 4.69) is 10.3 Å². The molecule has 1 unspecified atom stereocenters. The second-order valence-corrected chi connectivity index (χ2v) is 11.1. The summed E-state index contributed by atoms with van der Waals surface area (Å²) in [5, 5.41) is 3.50. The summed E-state index contributed by atoms with van der Waals surface area (Å²) in [5.41, 5.74) is 3.50. The Labute approximate surface area is 243 Å². The van der Waals surface area contributed by atoms with Crippen LogP contribution in [0.5, 0.6) is 0 Å². The SMILES string of the molecule is CC1=C(C(=O)Nc2ccccc2)C(c2ccc(F)cc2)n2c(s/c(=C/c3ccc(-c4cc(Cl)ccc4C)o3)c2=O)=N1. The van der Waals surface area contributed by atoms with E-state index < -0.39 is 17.8 Å². The first-order valence-corrected chi connectivity index (χ1v) is 14.0. The number of thiazole rings is 1. The number of furan rings is 1. The van der Waals surface area contributed by atoms with Crippen LogP contribution in [0.15, 0.2) is 110 Å². The molecular formula is C32H23ClFN3O3S. The highest BCUT2D eigenvalue weighted by Crippen LogP contribution is 2.31. The Balaban J connectivity index is 1.45. The third-order valence-corrected chi connectivity index (χ3v) is 8.07. The molecule has 0 saturated carbocycles. The van der Waals surface area contributed by atoms with Gasteiger partial charge in [-0.3, -0.25) is 14.2 Å². The first kappa shape index (κ1) is 26.7. The molecule has 3 heterocycles. The monoisotopic (exact) mass is 583 g/mol. The first-order valence-electron chi connectivity index (χ1n) is 12.8. The topological polar surface area (TPSA) is 76.6 Å². The Kier molecular flexibility index (Phi) is 7.03. The number of rotatable bonds is 5. The van der Waals surface area contributed by atoms with E-state index in [1.807, 2.05) is 49.4 Å². The number of allylic oxidation sites excluding steroid dienone is 1. The van der Waals surface area contributed by atoms with Crippen molar-refractivity contribution >= 4 is 40.6 Å². The van der Waals surface area contributed by atoms with Crippen molar-refractivity contribution in [3.8, 4) is 11.3 Å². The number of nitrogens with one attached hydrogen (secondary N) is 1. The molecule has 9 heteroatoms. The molecule has 6 rings (SSSR count). The first-order chi connectivity index (χ1) is 19.8. The van der Waals surface area contributed by atoms with Gasteiger partial charge >= 0.3 is 0 Å². The van der Waals surface area contributed by atoms with Gasteiger partial charge in [0.15, 0.2) is 4.80 Å². The Bertz CT molecular complexity index is 2010. The van der Waals surface area contributed by atoms with Crippen molar-refractivity contribution in [2.24, 2.45) is 4.99 Å². The average Bonchev–Trinajstić information content (AvgIpc) is 3.54. The van der Waals surface area contributed by atoms with Crippen LogP contribution in [0, 0.1) is 12.7 Å². The van der Waals surface area contributed by atoms with Crippen LogP contribution in [0.2, 0.25) is 5.02 Å². The van der Waals surface area contributed by atoms with Crippen LogP contribution in [0.25, 0.3) is 17.4 Å². The molecule has 0 aliphatic carbocycles. The molecule has 0 spiro atoms. The maximum absolute atomic E-state index is 13.9. The highest BCUT2D eigenvalue weighted by atomic mass is 35.5. The molecule has 204 valence electrons. The number of halogens is 2. The molecule has 1 N–H and O–H groups in total. The standard InChI is InChI=1S/C32H23ClFN3O3S/c1-18-8-11-21(33)16-25(18)26-15-14-24(40-26)17-27-31(39)37-29(20-9-12-22(34)13-10-20)28(19(2)35-32(37)41-27)30(38)36-23-6-4-3-5-7-23/h3-17,29H,1-2H3,(H,36,38)/b27-17+. The summed E-state index contributed by atoms with van der Waals surface area (Å²) in [4.78, 5) is 32.5. The van der Waals surface area contributed by atoms with Crippen molar-refractivity contribution in [3.63, 3.8) is 0 Å². The van der Waals surface area contributed by atoms with Crippen LogP contribution in [0.4, 0.5) is 10.1 Å². The van der Waals surface area contributed by atoms with Gasteiger partial charge in [0.25, 0.3) is 11.5 Å². The number of aromatic nitrogens is 1. The van der Waals surface area contributed by atoms with Crippen LogP contribution in [-0.4, -0.2) is 10.5 Å². The highest BCUT2D eigenvalue weighted by molar-refractivity contribution is 7.07. The second kappa shape index (κ2) is 10.8. The molecular weight excluding hydrogens is 561 g/mol. The molecule has 3 aromatic carbocycles. The normalized spacial score (nSPS) is 15.0. The summed E-state index contributed by atoms with van der Waals surface area (Å²) in [6, 6.07) is 23.2. The maximum atomic E-state index is 13.9. The van der Waals surface area contributed by atoms with E-state index in [0.29, 0.717) is 48.4 Å². The van der Waals surface area contributed by atoms with Gasteiger partial charge in [-0.15, -0.1) is 0 Å². The summed E-state index contributed by atoms with van der Waals surface area (Å²) < 4.78 is 21.8. The summed E-state index contributed by atoms with van der Waals surface area (Å²) in [6.07, 6.45) is 1.66. The van der Waals surface area contributed by atoms with Crippen molar-refractivity contribution in [2.75, 3.05) is 5.32 Å². The summed E-state index contributed by atoms with van der Waals surface area (Å²) in [7, 11) is 0. The van der Waals surface area contributed by atoms with Gasteiger partial charge in [0.05, 0.1) is 21.8 Å². The number of nitrogens with zero attached hydrogens (tertiary/aromatic N) is 2. The Hall–Kier alpha value is -4.53.